The molecule has 0 unspecified atom stereocenters. The van der Waals surface area contributed by atoms with Gasteiger partial charge in [0.05, 0.1) is 5.52 Å². The van der Waals surface area contributed by atoms with Gasteiger partial charge in [-0.2, -0.15) is 0 Å². The Morgan fingerprint density at radius 2 is 1.92 bits per heavy atom. The van der Waals surface area contributed by atoms with Crippen LogP contribution >= 0.6 is 0 Å². The van der Waals surface area contributed by atoms with Gasteiger partial charge < -0.3 is 9.88 Å². The molecular weight excluding hydrogens is 324 g/mol. The molecule has 0 aliphatic heterocycles. The zero-order valence-electron chi connectivity index (χ0n) is 15.5. The van der Waals surface area contributed by atoms with Gasteiger partial charge in [0.1, 0.15) is 11.3 Å². The molecule has 0 bridgehead atoms. The van der Waals surface area contributed by atoms with E-state index in [0.717, 1.165) is 49.1 Å². The van der Waals surface area contributed by atoms with Gasteiger partial charge in [0.2, 0.25) is 5.91 Å². The molecule has 0 fully saturated rings. The van der Waals surface area contributed by atoms with Crippen LogP contribution in [0.2, 0.25) is 0 Å². The lowest BCUT2D eigenvalue weighted by Crippen LogP contribution is -2.12. The lowest BCUT2D eigenvalue weighted by Gasteiger charge is -2.09. The number of anilines is 1. The summed E-state index contributed by atoms with van der Waals surface area (Å²) in [5.74, 6) is 1.59. The Morgan fingerprint density at radius 1 is 1.12 bits per heavy atom. The molecule has 3 aromatic rings. The van der Waals surface area contributed by atoms with Crippen molar-refractivity contribution in [1.29, 1.82) is 0 Å². The van der Waals surface area contributed by atoms with Gasteiger partial charge in [-0.05, 0) is 24.5 Å². The summed E-state index contributed by atoms with van der Waals surface area (Å²) in [6.45, 7) is 4.94. The Morgan fingerprint density at radius 3 is 2.65 bits per heavy atom. The number of hydrogen-bond acceptors (Lipinski definition) is 3. The van der Waals surface area contributed by atoms with Crippen LogP contribution in [0.3, 0.4) is 0 Å². The minimum atomic E-state index is -0.0137. The molecule has 0 atom stereocenters. The maximum absolute atomic E-state index is 12.0. The van der Waals surface area contributed by atoms with E-state index in [1.54, 1.807) is 6.20 Å². The molecule has 1 N–H and O–H groups in total. The number of unbranched alkanes of at least 4 members (excludes halogenated alkanes) is 1. The number of imidazole rings is 1. The molecular formula is C21H26N4O. The molecule has 26 heavy (non-hydrogen) atoms. The molecule has 1 aromatic carbocycles. The van der Waals surface area contributed by atoms with E-state index < -0.39 is 0 Å². The van der Waals surface area contributed by atoms with Crippen LogP contribution in [0.4, 0.5) is 5.82 Å². The highest BCUT2D eigenvalue weighted by molar-refractivity contribution is 5.97. The Hall–Kier alpha value is -2.69. The number of carbonyl (C=O) groups excluding carboxylic acids is 1. The van der Waals surface area contributed by atoms with E-state index in [9.17, 15) is 4.79 Å². The van der Waals surface area contributed by atoms with Gasteiger partial charge in [0.25, 0.3) is 0 Å². The van der Waals surface area contributed by atoms with Crippen molar-refractivity contribution < 1.29 is 4.79 Å². The highest BCUT2D eigenvalue weighted by atomic mass is 16.1. The quantitative estimate of drug-likeness (QED) is 0.648. The Bertz CT molecular complexity index is 870. The molecule has 0 saturated carbocycles. The number of rotatable bonds is 8. The molecule has 5 heteroatoms. The molecule has 0 aliphatic carbocycles. The Labute approximate surface area is 154 Å². The fourth-order valence-electron chi connectivity index (χ4n) is 3.08. The molecule has 5 nitrogen and oxygen atoms in total. The third-order valence-corrected chi connectivity index (χ3v) is 4.42. The molecule has 0 saturated heterocycles. The summed E-state index contributed by atoms with van der Waals surface area (Å²) in [7, 11) is 0. The summed E-state index contributed by atoms with van der Waals surface area (Å²) in [5, 5.41) is 2.92. The first-order valence-corrected chi connectivity index (χ1v) is 9.40. The minimum absolute atomic E-state index is 0.0137. The largest absolute Gasteiger partial charge is 0.323 e. The van der Waals surface area contributed by atoms with Crippen LogP contribution in [-0.4, -0.2) is 20.4 Å². The first-order chi connectivity index (χ1) is 12.7. The van der Waals surface area contributed by atoms with Crippen LogP contribution < -0.4 is 5.32 Å². The van der Waals surface area contributed by atoms with Crippen LogP contribution in [0.5, 0.6) is 0 Å². The monoisotopic (exact) mass is 350 g/mol. The van der Waals surface area contributed by atoms with Crippen molar-refractivity contribution in [2.75, 3.05) is 5.32 Å². The molecule has 1 amide bonds. The van der Waals surface area contributed by atoms with Crippen molar-refractivity contribution in [3.05, 3.63) is 54.0 Å². The number of aryl methyl sites for hydroxylation is 1. The number of pyridine rings is 1. The normalized spacial score (nSPS) is 11.0. The van der Waals surface area contributed by atoms with E-state index in [0.29, 0.717) is 12.2 Å². The van der Waals surface area contributed by atoms with Gasteiger partial charge >= 0.3 is 0 Å². The SMILES string of the molecule is CCCCc1nc2c(NC(=O)CCC)nccc2n1Cc1ccccc1. The van der Waals surface area contributed by atoms with Crippen molar-refractivity contribution in [2.24, 2.45) is 0 Å². The number of aromatic nitrogens is 3. The third-order valence-electron chi connectivity index (χ3n) is 4.42. The third kappa shape index (κ3) is 4.10. The van der Waals surface area contributed by atoms with E-state index in [4.69, 9.17) is 4.98 Å². The topological polar surface area (TPSA) is 59.8 Å². The predicted molar refractivity (Wildman–Crippen MR) is 105 cm³/mol. The van der Waals surface area contributed by atoms with Gasteiger partial charge in [-0.15, -0.1) is 0 Å². The summed E-state index contributed by atoms with van der Waals surface area (Å²) in [6, 6.07) is 12.4. The van der Waals surface area contributed by atoms with Crippen molar-refractivity contribution in [1.82, 2.24) is 14.5 Å². The Balaban J connectivity index is 2.01. The van der Waals surface area contributed by atoms with Crippen molar-refractivity contribution >= 4 is 22.8 Å². The van der Waals surface area contributed by atoms with E-state index in [-0.39, 0.29) is 5.91 Å². The summed E-state index contributed by atoms with van der Waals surface area (Å²) in [5.41, 5.74) is 3.03. The standard InChI is InChI=1S/C21H26N4O/c1-3-5-12-18-23-20-17(25(18)15-16-10-7-6-8-11-16)13-14-22-21(20)24-19(26)9-4-2/h6-8,10-11,13-14H,3-5,9,12,15H2,1-2H3,(H,22,24,26). The number of nitrogens with one attached hydrogen (secondary N) is 1. The number of carbonyl (C=O) groups is 1. The van der Waals surface area contributed by atoms with Gasteiger partial charge in [0.15, 0.2) is 5.82 Å². The van der Waals surface area contributed by atoms with E-state index in [1.165, 1.54) is 5.56 Å². The fourth-order valence-corrected chi connectivity index (χ4v) is 3.08. The van der Waals surface area contributed by atoms with Crippen molar-refractivity contribution in [2.45, 2.75) is 52.5 Å². The zero-order valence-corrected chi connectivity index (χ0v) is 15.5. The molecule has 2 aromatic heterocycles. The second-order valence-corrected chi connectivity index (χ2v) is 6.53. The van der Waals surface area contributed by atoms with E-state index in [1.807, 2.05) is 19.1 Å². The number of hydrogen-bond donors (Lipinski definition) is 1. The maximum atomic E-state index is 12.0. The highest BCUT2D eigenvalue weighted by Gasteiger charge is 2.16. The number of amides is 1. The summed E-state index contributed by atoms with van der Waals surface area (Å²) < 4.78 is 2.25. The van der Waals surface area contributed by atoms with Crippen LogP contribution in [0.15, 0.2) is 42.6 Å². The predicted octanol–water partition coefficient (Wildman–Crippen LogP) is 4.56. The van der Waals surface area contributed by atoms with Crippen LogP contribution in [0, 0.1) is 0 Å². The average Bonchev–Trinajstić information content (AvgIpc) is 3.00. The molecule has 0 spiro atoms. The number of fused-ring (bicyclic) bond motifs is 1. The van der Waals surface area contributed by atoms with Gasteiger partial charge in [0, 0.05) is 25.6 Å². The first kappa shape index (κ1) is 18.1. The first-order valence-electron chi connectivity index (χ1n) is 9.40. The lowest BCUT2D eigenvalue weighted by molar-refractivity contribution is -0.116. The number of nitrogens with zero attached hydrogens (tertiary/aromatic N) is 3. The smallest absolute Gasteiger partial charge is 0.225 e. The average molecular weight is 350 g/mol. The fraction of sp³-hybridized carbons (Fsp3) is 0.381. The van der Waals surface area contributed by atoms with Crippen LogP contribution in [0.25, 0.3) is 11.0 Å². The molecule has 3 rings (SSSR count). The lowest BCUT2D eigenvalue weighted by atomic mass is 10.2. The molecule has 2 heterocycles. The van der Waals surface area contributed by atoms with Gasteiger partial charge in [-0.3, -0.25) is 4.79 Å². The van der Waals surface area contributed by atoms with E-state index in [2.05, 4.69) is 46.1 Å². The second kappa shape index (κ2) is 8.61. The Kier molecular flexibility index (Phi) is 6.00. The highest BCUT2D eigenvalue weighted by Crippen LogP contribution is 2.24. The summed E-state index contributed by atoms with van der Waals surface area (Å²) in [6.07, 6.45) is 6.17. The van der Waals surface area contributed by atoms with Crippen LogP contribution in [-0.2, 0) is 17.8 Å². The molecule has 0 aliphatic rings. The van der Waals surface area contributed by atoms with Crippen molar-refractivity contribution in [3.8, 4) is 0 Å². The molecule has 0 radical (unpaired) electrons. The van der Waals surface area contributed by atoms with E-state index >= 15 is 0 Å². The van der Waals surface area contributed by atoms with Gasteiger partial charge in [-0.1, -0.05) is 50.6 Å². The molecule has 136 valence electrons. The second-order valence-electron chi connectivity index (χ2n) is 6.53. The van der Waals surface area contributed by atoms with Gasteiger partial charge in [-0.25, -0.2) is 9.97 Å². The summed E-state index contributed by atoms with van der Waals surface area (Å²) in [4.78, 5) is 21.2. The number of benzene rings is 1. The van der Waals surface area contributed by atoms with Crippen molar-refractivity contribution in [3.63, 3.8) is 0 Å². The zero-order chi connectivity index (χ0) is 18.4. The summed E-state index contributed by atoms with van der Waals surface area (Å²) >= 11 is 0. The van der Waals surface area contributed by atoms with Crippen LogP contribution in [0.1, 0.15) is 50.9 Å². The maximum Gasteiger partial charge on any atom is 0.225 e. The minimum Gasteiger partial charge on any atom is -0.323 e.